The van der Waals surface area contributed by atoms with Crippen molar-refractivity contribution < 1.29 is 17.2 Å². The number of nitrogens with one attached hydrogen (secondary N) is 1. The van der Waals surface area contributed by atoms with Gasteiger partial charge in [0.2, 0.25) is 0 Å². The van der Waals surface area contributed by atoms with Gasteiger partial charge < -0.3 is 5.73 Å². The van der Waals surface area contributed by atoms with E-state index in [1.54, 1.807) is 0 Å². The number of nitrogen functional groups attached to an aromatic ring is 1. The molecule has 0 amide bonds. The van der Waals surface area contributed by atoms with Gasteiger partial charge in [-0.2, -0.15) is 0 Å². The highest BCUT2D eigenvalue weighted by atomic mass is 32.2. The van der Waals surface area contributed by atoms with Crippen LogP contribution in [0.2, 0.25) is 0 Å². The van der Waals surface area contributed by atoms with Crippen LogP contribution >= 0.6 is 0 Å². The van der Waals surface area contributed by atoms with E-state index in [4.69, 9.17) is 5.73 Å². The highest BCUT2D eigenvalue weighted by Crippen LogP contribution is 2.21. The molecule has 16 heavy (non-hydrogen) atoms. The zero-order valence-corrected chi connectivity index (χ0v) is 9.48. The highest BCUT2D eigenvalue weighted by Gasteiger charge is 2.24. The molecule has 0 saturated heterocycles. The van der Waals surface area contributed by atoms with Crippen LogP contribution in [0.1, 0.15) is 0 Å². The van der Waals surface area contributed by atoms with Crippen molar-refractivity contribution in [2.75, 3.05) is 19.8 Å². The lowest BCUT2D eigenvalue weighted by atomic mass is 10.3. The van der Waals surface area contributed by atoms with E-state index >= 15 is 0 Å². The third-order valence-electron chi connectivity index (χ3n) is 1.59. The molecule has 3 N–H and O–H groups in total. The molecule has 0 spiro atoms. The van der Waals surface area contributed by atoms with Gasteiger partial charge in [-0.25, -0.2) is 22.2 Å². The number of anilines is 1. The number of nitrogens with zero attached hydrogens (tertiary/aromatic N) is 1. The molecule has 1 aromatic rings. The van der Waals surface area contributed by atoms with E-state index in [1.165, 1.54) is 14.1 Å². The maximum atomic E-state index is 13.3. The van der Waals surface area contributed by atoms with Crippen LogP contribution in [-0.4, -0.2) is 27.5 Å². The quantitative estimate of drug-likeness (QED) is 0.598. The summed E-state index contributed by atoms with van der Waals surface area (Å²) in [6.45, 7) is 0. The van der Waals surface area contributed by atoms with E-state index in [0.717, 1.165) is 17.1 Å². The molecule has 0 fully saturated rings. The second-order valence-corrected chi connectivity index (χ2v) is 4.90. The van der Waals surface area contributed by atoms with Crippen molar-refractivity contribution in [3.05, 3.63) is 23.8 Å². The maximum absolute atomic E-state index is 13.3. The Morgan fingerprint density at radius 2 is 1.69 bits per heavy atom. The maximum Gasteiger partial charge on any atom is 0.259 e. The Morgan fingerprint density at radius 3 is 2.06 bits per heavy atom. The standard InChI is InChI=1S/C8H11F2N3O2S/c1-13(2)12-16(14,15)8-6(9)3-5(11)4-7(8)10/h3-4,12H,11H2,1-2H3. The molecule has 90 valence electrons. The number of hydrogen-bond acceptors (Lipinski definition) is 4. The summed E-state index contributed by atoms with van der Waals surface area (Å²) in [6, 6.07) is 1.49. The fourth-order valence-electron chi connectivity index (χ4n) is 1.12. The van der Waals surface area contributed by atoms with Crippen molar-refractivity contribution in [1.82, 2.24) is 9.84 Å². The molecule has 0 unspecified atom stereocenters. The molecule has 5 nitrogen and oxygen atoms in total. The number of nitrogens with two attached hydrogens (primary N) is 1. The smallest absolute Gasteiger partial charge is 0.259 e. The third kappa shape index (κ3) is 2.65. The predicted molar refractivity (Wildman–Crippen MR) is 54.8 cm³/mol. The van der Waals surface area contributed by atoms with Crippen LogP contribution in [0.5, 0.6) is 0 Å². The van der Waals surface area contributed by atoms with E-state index in [9.17, 15) is 17.2 Å². The van der Waals surface area contributed by atoms with Gasteiger partial charge in [0.15, 0.2) is 4.90 Å². The minimum atomic E-state index is -4.27. The van der Waals surface area contributed by atoms with Crippen LogP contribution in [0.4, 0.5) is 14.5 Å². The van der Waals surface area contributed by atoms with Crippen molar-refractivity contribution >= 4 is 15.7 Å². The van der Waals surface area contributed by atoms with Crippen LogP contribution in [0, 0.1) is 11.6 Å². The molecule has 0 heterocycles. The van der Waals surface area contributed by atoms with Gasteiger partial charge in [-0.05, 0) is 12.1 Å². The van der Waals surface area contributed by atoms with E-state index in [1.807, 2.05) is 4.83 Å². The van der Waals surface area contributed by atoms with Gasteiger partial charge >= 0.3 is 0 Å². The SMILES string of the molecule is CN(C)NS(=O)(=O)c1c(F)cc(N)cc1F. The van der Waals surface area contributed by atoms with Gasteiger partial charge in [0.05, 0.1) is 0 Å². The van der Waals surface area contributed by atoms with Crippen LogP contribution in [0.3, 0.4) is 0 Å². The molecular formula is C8H11F2N3O2S. The third-order valence-corrected chi connectivity index (χ3v) is 3.13. The molecule has 0 saturated carbocycles. The van der Waals surface area contributed by atoms with Gasteiger partial charge in [-0.1, -0.05) is 0 Å². The number of halogens is 2. The molecule has 0 atom stereocenters. The van der Waals surface area contributed by atoms with Crippen LogP contribution < -0.4 is 10.6 Å². The fraction of sp³-hybridized carbons (Fsp3) is 0.250. The average Bonchev–Trinajstić information content (AvgIpc) is 1.96. The summed E-state index contributed by atoms with van der Waals surface area (Å²) >= 11 is 0. The van der Waals surface area contributed by atoms with Crippen molar-refractivity contribution in [2.45, 2.75) is 4.90 Å². The van der Waals surface area contributed by atoms with E-state index in [2.05, 4.69) is 0 Å². The van der Waals surface area contributed by atoms with Gasteiger partial charge in [0.1, 0.15) is 11.6 Å². The minimum Gasteiger partial charge on any atom is -0.399 e. The Morgan fingerprint density at radius 1 is 1.25 bits per heavy atom. The second kappa shape index (κ2) is 4.32. The zero-order chi connectivity index (χ0) is 12.5. The van der Waals surface area contributed by atoms with Crippen molar-refractivity contribution in [3.63, 3.8) is 0 Å². The van der Waals surface area contributed by atoms with Crippen molar-refractivity contribution in [3.8, 4) is 0 Å². The van der Waals surface area contributed by atoms with Crippen molar-refractivity contribution in [1.29, 1.82) is 0 Å². The zero-order valence-electron chi connectivity index (χ0n) is 8.66. The van der Waals surface area contributed by atoms with E-state index in [-0.39, 0.29) is 5.69 Å². The summed E-state index contributed by atoms with van der Waals surface area (Å²) in [5, 5.41) is 1.06. The minimum absolute atomic E-state index is 0.182. The normalized spacial score (nSPS) is 12.1. The topological polar surface area (TPSA) is 75.4 Å². The first-order valence-corrected chi connectivity index (χ1v) is 5.66. The van der Waals surface area contributed by atoms with Crippen LogP contribution in [0.15, 0.2) is 17.0 Å². The Labute approximate surface area is 91.9 Å². The van der Waals surface area contributed by atoms with Crippen molar-refractivity contribution in [2.24, 2.45) is 0 Å². The molecule has 0 radical (unpaired) electrons. The van der Waals surface area contributed by atoms with Gasteiger partial charge in [0, 0.05) is 19.8 Å². The Bertz CT molecular complexity index is 479. The average molecular weight is 251 g/mol. The van der Waals surface area contributed by atoms with Crippen LogP contribution in [0.25, 0.3) is 0 Å². The summed E-state index contributed by atoms with van der Waals surface area (Å²) in [5.74, 6) is -2.46. The lowest BCUT2D eigenvalue weighted by Crippen LogP contribution is -2.37. The second-order valence-electron chi connectivity index (χ2n) is 3.30. The molecule has 1 rings (SSSR count). The Kier molecular flexibility index (Phi) is 3.46. The molecule has 0 aliphatic heterocycles. The highest BCUT2D eigenvalue weighted by molar-refractivity contribution is 7.89. The summed E-state index contributed by atoms with van der Waals surface area (Å²) in [6.07, 6.45) is 0. The van der Waals surface area contributed by atoms with Gasteiger partial charge in [-0.15, -0.1) is 4.83 Å². The number of sulfonamides is 1. The largest absolute Gasteiger partial charge is 0.399 e. The lowest BCUT2D eigenvalue weighted by molar-refractivity contribution is 0.361. The molecular weight excluding hydrogens is 240 g/mol. The molecule has 0 aliphatic carbocycles. The number of hydrazine groups is 1. The predicted octanol–water partition coefficient (Wildman–Crippen LogP) is 0.302. The Hall–Kier alpha value is -1.25. The molecule has 0 bridgehead atoms. The van der Waals surface area contributed by atoms with E-state index < -0.39 is 26.6 Å². The number of rotatable bonds is 3. The first kappa shape index (κ1) is 12.8. The van der Waals surface area contributed by atoms with Gasteiger partial charge in [0.25, 0.3) is 10.0 Å². The molecule has 8 heteroatoms. The first-order valence-electron chi connectivity index (χ1n) is 4.18. The summed E-state index contributed by atoms with van der Waals surface area (Å²) in [5.41, 5.74) is 4.99. The lowest BCUT2D eigenvalue weighted by Gasteiger charge is -2.13. The monoisotopic (exact) mass is 251 g/mol. The number of benzene rings is 1. The summed E-state index contributed by atoms with van der Waals surface area (Å²) in [4.78, 5) is 0.875. The molecule has 0 aliphatic rings. The van der Waals surface area contributed by atoms with E-state index in [0.29, 0.717) is 0 Å². The number of hydrogen-bond donors (Lipinski definition) is 2. The summed E-state index contributed by atoms with van der Waals surface area (Å²) < 4.78 is 49.6. The Balaban J connectivity index is 3.34. The van der Waals surface area contributed by atoms with Gasteiger partial charge in [-0.3, -0.25) is 0 Å². The molecule has 1 aromatic carbocycles. The van der Waals surface area contributed by atoms with Crippen LogP contribution in [-0.2, 0) is 10.0 Å². The first-order chi connectivity index (χ1) is 7.24. The fourth-order valence-corrected chi connectivity index (χ4v) is 2.33. The molecule has 0 aromatic heterocycles. The summed E-state index contributed by atoms with van der Waals surface area (Å²) in [7, 11) is -1.51.